The molecule has 2 aromatic rings. The van der Waals surface area contributed by atoms with Crippen molar-refractivity contribution in [2.24, 2.45) is 5.92 Å². The molecule has 1 saturated heterocycles. The number of hydrogen-bond donors (Lipinski definition) is 1. The number of nitrogens with zero attached hydrogens (tertiary/aromatic N) is 3. The molecule has 0 bridgehead atoms. The molecule has 0 aromatic carbocycles. The molecule has 3 heterocycles. The molecule has 1 N–H and O–H groups in total. The summed E-state index contributed by atoms with van der Waals surface area (Å²) in [6.45, 7) is 7.73. The lowest BCUT2D eigenvalue weighted by atomic mass is 9.88. The smallest absolute Gasteiger partial charge is 0.159 e. The third-order valence-corrected chi connectivity index (χ3v) is 3.91. The van der Waals surface area contributed by atoms with Crippen molar-refractivity contribution in [1.82, 2.24) is 19.9 Å². The van der Waals surface area contributed by atoms with E-state index in [-0.39, 0.29) is 0 Å². The van der Waals surface area contributed by atoms with Crippen molar-refractivity contribution < 1.29 is 0 Å². The topological polar surface area (TPSA) is 42.7 Å². The van der Waals surface area contributed by atoms with Gasteiger partial charge in [0.2, 0.25) is 0 Å². The molecule has 1 fully saturated rings. The zero-order valence-electron chi connectivity index (χ0n) is 11.1. The van der Waals surface area contributed by atoms with Gasteiger partial charge in [-0.1, -0.05) is 13.8 Å². The molecule has 1 atom stereocenters. The summed E-state index contributed by atoms with van der Waals surface area (Å²) in [5.74, 6) is 2.43. The van der Waals surface area contributed by atoms with Crippen molar-refractivity contribution in [3.63, 3.8) is 0 Å². The summed E-state index contributed by atoms with van der Waals surface area (Å²) in [6.07, 6.45) is 2.97. The molecule has 4 heteroatoms. The van der Waals surface area contributed by atoms with E-state index < -0.39 is 0 Å². The average molecular weight is 244 g/mol. The molecular weight excluding hydrogens is 224 g/mol. The van der Waals surface area contributed by atoms with Crippen molar-refractivity contribution in [2.75, 3.05) is 13.1 Å². The second kappa shape index (κ2) is 4.69. The molecule has 0 aliphatic carbocycles. The van der Waals surface area contributed by atoms with E-state index in [1.54, 1.807) is 0 Å². The van der Waals surface area contributed by atoms with Crippen LogP contribution in [-0.4, -0.2) is 27.6 Å². The Hall–Kier alpha value is -1.42. The Morgan fingerprint density at radius 2 is 2.33 bits per heavy atom. The Kier molecular flexibility index (Phi) is 3.04. The number of fused-ring (bicyclic) bond motifs is 1. The minimum absolute atomic E-state index is 0.506. The van der Waals surface area contributed by atoms with Crippen LogP contribution in [0.3, 0.4) is 0 Å². The van der Waals surface area contributed by atoms with Gasteiger partial charge in [-0.25, -0.2) is 9.97 Å². The van der Waals surface area contributed by atoms with E-state index in [1.165, 1.54) is 5.82 Å². The minimum Gasteiger partial charge on any atom is -0.316 e. The van der Waals surface area contributed by atoms with Crippen molar-refractivity contribution in [3.8, 4) is 0 Å². The van der Waals surface area contributed by atoms with Crippen molar-refractivity contribution in [1.29, 1.82) is 0 Å². The zero-order valence-corrected chi connectivity index (χ0v) is 11.1. The minimum atomic E-state index is 0.506. The molecule has 18 heavy (non-hydrogen) atoms. The SMILES string of the molecule is CCCn1c(C(C)C2CNC2)nc2cccnc21. The first kappa shape index (κ1) is 11.7. The predicted octanol–water partition coefficient (Wildman–Crippen LogP) is 2.16. The van der Waals surface area contributed by atoms with Gasteiger partial charge in [-0.3, -0.25) is 0 Å². The van der Waals surface area contributed by atoms with Crippen LogP contribution in [0.4, 0.5) is 0 Å². The molecule has 1 aliphatic heterocycles. The molecule has 0 spiro atoms. The third-order valence-electron chi connectivity index (χ3n) is 3.91. The Morgan fingerprint density at radius 3 is 3.00 bits per heavy atom. The first-order chi connectivity index (χ1) is 8.81. The van der Waals surface area contributed by atoms with Gasteiger partial charge in [0.25, 0.3) is 0 Å². The number of nitrogens with one attached hydrogen (secondary N) is 1. The van der Waals surface area contributed by atoms with Crippen LogP contribution in [-0.2, 0) is 6.54 Å². The van der Waals surface area contributed by atoms with Gasteiger partial charge in [-0.05, 0) is 37.6 Å². The van der Waals surface area contributed by atoms with Crippen molar-refractivity contribution in [3.05, 3.63) is 24.2 Å². The largest absolute Gasteiger partial charge is 0.316 e. The van der Waals surface area contributed by atoms with Crippen LogP contribution in [0, 0.1) is 5.92 Å². The second-order valence-electron chi connectivity index (χ2n) is 5.17. The van der Waals surface area contributed by atoms with E-state index in [0.717, 1.165) is 43.1 Å². The standard InChI is InChI=1S/C14H20N4/c1-3-7-18-13(10(2)11-8-15-9-11)17-12-5-4-6-16-14(12)18/h4-6,10-11,15H,3,7-9H2,1-2H3. The lowest BCUT2D eigenvalue weighted by Gasteiger charge is -2.32. The molecule has 0 radical (unpaired) electrons. The van der Waals surface area contributed by atoms with E-state index in [2.05, 4.69) is 34.8 Å². The highest BCUT2D eigenvalue weighted by Crippen LogP contribution is 2.28. The summed E-state index contributed by atoms with van der Waals surface area (Å²) in [5.41, 5.74) is 2.06. The Labute approximate surface area is 107 Å². The zero-order chi connectivity index (χ0) is 12.5. The monoisotopic (exact) mass is 244 g/mol. The summed E-state index contributed by atoms with van der Waals surface area (Å²) >= 11 is 0. The number of pyridine rings is 1. The first-order valence-corrected chi connectivity index (χ1v) is 6.83. The number of aromatic nitrogens is 3. The fourth-order valence-electron chi connectivity index (χ4n) is 2.64. The number of imidazole rings is 1. The molecule has 0 amide bonds. The summed E-state index contributed by atoms with van der Waals surface area (Å²) in [5, 5.41) is 3.34. The van der Waals surface area contributed by atoms with Crippen LogP contribution in [0.2, 0.25) is 0 Å². The first-order valence-electron chi connectivity index (χ1n) is 6.83. The molecule has 0 saturated carbocycles. The fraction of sp³-hybridized carbons (Fsp3) is 0.571. The molecule has 1 aliphatic rings. The quantitative estimate of drug-likeness (QED) is 0.896. The van der Waals surface area contributed by atoms with E-state index >= 15 is 0 Å². The predicted molar refractivity (Wildman–Crippen MR) is 72.6 cm³/mol. The maximum Gasteiger partial charge on any atom is 0.159 e. The lowest BCUT2D eigenvalue weighted by molar-refractivity contribution is 0.291. The molecule has 3 rings (SSSR count). The van der Waals surface area contributed by atoms with Gasteiger partial charge >= 0.3 is 0 Å². The van der Waals surface area contributed by atoms with E-state index in [4.69, 9.17) is 4.98 Å². The van der Waals surface area contributed by atoms with Crippen LogP contribution in [0.5, 0.6) is 0 Å². The van der Waals surface area contributed by atoms with Crippen LogP contribution in [0.25, 0.3) is 11.2 Å². The number of hydrogen-bond acceptors (Lipinski definition) is 3. The highest BCUT2D eigenvalue weighted by Gasteiger charge is 2.28. The normalized spacial score (nSPS) is 17.9. The van der Waals surface area contributed by atoms with E-state index in [0.29, 0.717) is 5.92 Å². The van der Waals surface area contributed by atoms with E-state index in [1.807, 2.05) is 12.3 Å². The highest BCUT2D eigenvalue weighted by atomic mass is 15.1. The Bertz CT molecular complexity index is 542. The summed E-state index contributed by atoms with van der Waals surface area (Å²) in [7, 11) is 0. The molecule has 1 unspecified atom stereocenters. The summed E-state index contributed by atoms with van der Waals surface area (Å²) in [6, 6.07) is 4.02. The number of rotatable bonds is 4. The Morgan fingerprint density at radius 1 is 1.50 bits per heavy atom. The van der Waals surface area contributed by atoms with E-state index in [9.17, 15) is 0 Å². The van der Waals surface area contributed by atoms with Gasteiger partial charge in [-0.15, -0.1) is 0 Å². The van der Waals surface area contributed by atoms with Gasteiger partial charge in [-0.2, -0.15) is 0 Å². The molecule has 2 aromatic heterocycles. The molecule has 4 nitrogen and oxygen atoms in total. The van der Waals surface area contributed by atoms with Gasteiger partial charge in [0, 0.05) is 18.7 Å². The van der Waals surface area contributed by atoms with Gasteiger partial charge in [0.1, 0.15) is 11.3 Å². The average Bonchev–Trinajstić information content (AvgIpc) is 2.67. The highest BCUT2D eigenvalue weighted by molar-refractivity contribution is 5.71. The summed E-state index contributed by atoms with van der Waals surface area (Å²) < 4.78 is 2.30. The molecule has 96 valence electrons. The van der Waals surface area contributed by atoms with Crippen LogP contribution >= 0.6 is 0 Å². The van der Waals surface area contributed by atoms with Gasteiger partial charge in [0.05, 0.1) is 0 Å². The number of aryl methyl sites for hydroxylation is 1. The van der Waals surface area contributed by atoms with Crippen LogP contribution in [0.1, 0.15) is 32.0 Å². The van der Waals surface area contributed by atoms with Crippen molar-refractivity contribution >= 4 is 11.2 Å². The third kappa shape index (κ3) is 1.81. The van der Waals surface area contributed by atoms with Gasteiger partial charge < -0.3 is 9.88 Å². The van der Waals surface area contributed by atoms with Crippen LogP contribution in [0.15, 0.2) is 18.3 Å². The fourth-order valence-corrected chi connectivity index (χ4v) is 2.64. The van der Waals surface area contributed by atoms with Crippen molar-refractivity contribution in [2.45, 2.75) is 32.7 Å². The molecular formula is C14H20N4. The van der Waals surface area contributed by atoms with Gasteiger partial charge in [0.15, 0.2) is 5.65 Å². The maximum absolute atomic E-state index is 4.81. The van der Waals surface area contributed by atoms with Crippen LogP contribution < -0.4 is 5.32 Å². The summed E-state index contributed by atoms with van der Waals surface area (Å²) in [4.78, 5) is 9.30. The second-order valence-corrected chi connectivity index (χ2v) is 5.17. The Balaban J connectivity index is 2.05. The maximum atomic E-state index is 4.81. The lowest BCUT2D eigenvalue weighted by Crippen LogP contribution is -2.45.